The summed E-state index contributed by atoms with van der Waals surface area (Å²) in [7, 11) is -8.87. The topological polar surface area (TPSA) is 171 Å². The normalized spacial score (nSPS) is 18.4. The molecule has 0 amide bonds. The number of nitrogens with zero attached hydrogens (tertiary/aromatic N) is 3. The van der Waals surface area contributed by atoms with Crippen LogP contribution in [0.1, 0.15) is 65.5 Å². The molecule has 2 heterocycles. The van der Waals surface area contributed by atoms with Gasteiger partial charge in [-0.05, 0) is 123 Å². The second-order valence-corrected chi connectivity index (χ2v) is 22.3. The number of rotatable bonds is 14. The fraction of sp³-hybridized carbons (Fsp3) is 0.263. The number of carbonyl (C=O) groups excluding carboxylic acids is 2. The van der Waals surface area contributed by atoms with E-state index in [0.717, 1.165) is 67.2 Å². The molecule has 6 aromatic rings. The smallest absolute Gasteiger partial charge is 0.302 e. The molecule has 0 radical (unpaired) electrons. The summed E-state index contributed by atoms with van der Waals surface area (Å²) in [6, 6.07) is 37.1. The van der Waals surface area contributed by atoms with Gasteiger partial charge in [0.15, 0.2) is 0 Å². The highest BCUT2D eigenvalue weighted by Crippen LogP contribution is 2.53. The van der Waals surface area contributed by atoms with Gasteiger partial charge in [0, 0.05) is 53.1 Å². The van der Waals surface area contributed by atoms with Crippen molar-refractivity contribution in [2.75, 3.05) is 41.0 Å². The summed E-state index contributed by atoms with van der Waals surface area (Å²) in [5, 5.41) is 3.02. The average Bonchev–Trinajstić information content (AvgIpc) is 3.90. The first kappa shape index (κ1) is 49.9. The van der Waals surface area contributed by atoms with Gasteiger partial charge in [0.25, 0.3) is 20.2 Å². The summed E-state index contributed by atoms with van der Waals surface area (Å²) in [5.41, 5.74) is 8.68. The van der Waals surface area contributed by atoms with Gasteiger partial charge in [0.1, 0.15) is 13.2 Å². The molecule has 0 saturated carbocycles. The lowest BCUT2D eigenvalue weighted by molar-refractivity contribution is -0.141. The monoisotopic (exact) mass is 1010 g/mol. The van der Waals surface area contributed by atoms with E-state index in [9.17, 15) is 35.5 Å². The number of esters is 2. The quantitative estimate of drug-likeness (QED) is 0.0781. The van der Waals surface area contributed by atoms with E-state index in [1.165, 1.54) is 38.1 Å². The van der Waals surface area contributed by atoms with E-state index in [1.807, 2.05) is 60.7 Å². The summed E-state index contributed by atoms with van der Waals surface area (Å²) in [6.07, 6.45) is 10.2. The number of hydrogen-bond acceptors (Lipinski definition) is 11. The maximum Gasteiger partial charge on any atom is 0.302 e. The third kappa shape index (κ3) is 9.45. The van der Waals surface area contributed by atoms with Gasteiger partial charge in [-0.3, -0.25) is 18.7 Å². The molecule has 0 fully saturated rings. The predicted molar refractivity (Wildman–Crippen MR) is 282 cm³/mol. The zero-order valence-electron chi connectivity index (χ0n) is 41.0. The number of hydrogen-bond donors (Lipinski definition) is 2. The molecule has 1 aliphatic carbocycles. The van der Waals surface area contributed by atoms with Crippen molar-refractivity contribution in [2.45, 2.75) is 81.0 Å². The molecule has 3 aliphatic rings. The van der Waals surface area contributed by atoms with Crippen LogP contribution < -0.4 is 14.7 Å². The molecule has 0 bridgehead atoms. The molecule has 0 aromatic heterocycles. The van der Waals surface area contributed by atoms with Gasteiger partial charge in [-0.1, -0.05) is 107 Å². The van der Waals surface area contributed by atoms with Crippen LogP contribution in [-0.2, 0) is 50.1 Å². The summed E-state index contributed by atoms with van der Waals surface area (Å²) >= 11 is 0. The van der Waals surface area contributed by atoms with E-state index >= 15 is 0 Å². The molecule has 15 heteroatoms. The standard InChI is InChI=1S/C57H57N3O10S2/c1-37(61)69-33-31-58-49-27-19-41-35-45(71(63,64)65)23-25-47(41)53(49)56(3,4)51(58)29-21-39-17-18-40(55(39)60(43-13-9-7-10-14-43)44-15-11-8-12-16-44)22-30-52-57(5,6)54-48-26-24-46(72(66,67)68)36-42(48)20-28-50(54)59(52)32-34-70-38(2)62/h7-16,19-30,35-36,51H,17-18,31-34H2,1-6H3,(H,63,64,65)(H,66,67,68)/b29-21+,40-22+,52-30+. The van der Waals surface area contributed by atoms with Crippen molar-refractivity contribution >= 4 is 76.5 Å². The minimum atomic E-state index is -4.44. The Morgan fingerprint density at radius 2 is 1.19 bits per heavy atom. The first-order chi connectivity index (χ1) is 34.2. The number of para-hydroxylation sites is 2. The molecule has 6 aromatic carbocycles. The molecule has 2 aliphatic heterocycles. The molecule has 372 valence electrons. The number of benzene rings is 6. The Labute approximate surface area is 420 Å². The highest BCUT2D eigenvalue weighted by molar-refractivity contribution is 7.86. The van der Waals surface area contributed by atoms with Gasteiger partial charge < -0.3 is 24.2 Å². The molecule has 0 spiro atoms. The van der Waals surface area contributed by atoms with Crippen LogP contribution in [0.2, 0.25) is 0 Å². The van der Waals surface area contributed by atoms with Crippen molar-refractivity contribution in [3.05, 3.63) is 179 Å². The zero-order chi connectivity index (χ0) is 51.3. The van der Waals surface area contributed by atoms with E-state index in [1.54, 1.807) is 12.1 Å². The third-order valence-corrected chi connectivity index (χ3v) is 15.8. The molecular formula is C57H57N3O10S2. The minimum absolute atomic E-state index is 0.134. The fourth-order valence-electron chi connectivity index (χ4n) is 11.0. The third-order valence-electron chi connectivity index (χ3n) is 14.1. The van der Waals surface area contributed by atoms with Crippen molar-refractivity contribution in [1.82, 2.24) is 0 Å². The number of carbonyl (C=O) groups is 2. The van der Waals surface area contributed by atoms with Crippen molar-refractivity contribution < 1.29 is 45.0 Å². The van der Waals surface area contributed by atoms with Crippen LogP contribution in [0.15, 0.2) is 178 Å². The van der Waals surface area contributed by atoms with Crippen LogP contribution >= 0.6 is 0 Å². The first-order valence-electron chi connectivity index (χ1n) is 23.8. The SMILES string of the molecule is CC(=O)OCCN1/C(=C/C=C2\CCC(/C=C/C3N(CCOC(C)=O)c4ccc5cc(S(=O)(=O)O)ccc5c4C3(C)C)=C2N(c2ccccc2)c2ccccc2)C(C)(C)c2c1ccc1cc(S(=O)(=O)O)ccc21. The summed E-state index contributed by atoms with van der Waals surface area (Å²) in [5.74, 6) is -0.769. The summed E-state index contributed by atoms with van der Waals surface area (Å²) in [6.45, 7) is 12.4. The lowest BCUT2D eigenvalue weighted by Crippen LogP contribution is -2.41. The summed E-state index contributed by atoms with van der Waals surface area (Å²) < 4.78 is 79.5. The van der Waals surface area contributed by atoms with Crippen LogP contribution in [0.5, 0.6) is 0 Å². The number of anilines is 4. The van der Waals surface area contributed by atoms with Crippen LogP contribution in [0.25, 0.3) is 21.5 Å². The van der Waals surface area contributed by atoms with E-state index in [0.29, 0.717) is 36.7 Å². The lowest BCUT2D eigenvalue weighted by Gasteiger charge is -2.33. The summed E-state index contributed by atoms with van der Waals surface area (Å²) in [4.78, 5) is 30.4. The number of fused-ring (bicyclic) bond motifs is 6. The van der Waals surface area contributed by atoms with E-state index in [-0.39, 0.29) is 41.0 Å². The van der Waals surface area contributed by atoms with Gasteiger partial charge in [-0.25, -0.2) is 0 Å². The highest BCUT2D eigenvalue weighted by Gasteiger charge is 2.45. The number of allylic oxidation sites excluding steroid dienone is 6. The Morgan fingerprint density at radius 1 is 0.667 bits per heavy atom. The van der Waals surface area contributed by atoms with Crippen molar-refractivity contribution in [1.29, 1.82) is 0 Å². The van der Waals surface area contributed by atoms with Gasteiger partial charge >= 0.3 is 11.9 Å². The molecule has 2 N–H and O–H groups in total. The van der Waals surface area contributed by atoms with Crippen LogP contribution in [0, 0.1) is 0 Å². The van der Waals surface area contributed by atoms with E-state index in [4.69, 9.17) is 9.47 Å². The van der Waals surface area contributed by atoms with Crippen LogP contribution in [0.4, 0.5) is 22.7 Å². The Kier molecular flexibility index (Phi) is 13.3. The second kappa shape index (κ2) is 19.2. The Balaban J connectivity index is 1.20. The van der Waals surface area contributed by atoms with Gasteiger partial charge in [0.2, 0.25) is 0 Å². The molecule has 1 unspecified atom stereocenters. The molecule has 0 saturated heterocycles. The van der Waals surface area contributed by atoms with Gasteiger partial charge in [0.05, 0.1) is 34.6 Å². The van der Waals surface area contributed by atoms with Gasteiger partial charge in [-0.15, -0.1) is 0 Å². The maximum atomic E-state index is 12.2. The first-order valence-corrected chi connectivity index (χ1v) is 26.7. The predicted octanol–water partition coefficient (Wildman–Crippen LogP) is 11.1. The lowest BCUT2D eigenvalue weighted by atomic mass is 9.78. The van der Waals surface area contributed by atoms with Crippen molar-refractivity contribution in [3.63, 3.8) is 0 Å². The minimum Gasteiger partial charge on any atom is -0.464 e. The molecule has 72 heavy (non-hydrogen) atoms. The Hall–Kier alpha value is -7.04. The fourth-order valence-corrected chi connectivity index (χ4v) is 12.0. The maximum absolute atomic E-state index is 12.2. The van der Waals surface area contributed by atoms with Gasteiger partial charge in [-0.2, -0.15) is 16.8 Å². The number of ether oxygens (including phenoxy) is 2. The van der Waals surface area contributed by atoms with E-state index < -0.39 is 31.1 Å². The van der Waals surface area contributed by atoms with Crippen LogP contribution in [-0.4, -0.2) is 70.2 Å². The van der Waals surface area contributed by atoms with Crippen molar-refractivity contribution in [2.24, 2.45) is 0 Å². The largest absolute Gasteiger partial charge is 0.464 e. The Morgan fingerprint density at radius 3 is 1.74 bits per heavy atom. The molecular weight excluding hydrogens is 951 g/mol. The average molecular weight is 1010 g/mol. The zero-order valence-corrected chi connectivity index (χ0v) is 42.6. The molecule has 13 nitrogen and oxygen atoms in total. The highest BCUT2D eigenvalue weighted by atomic mass is 32.2. The Bertz CT molecular complexity index is 3470. The molecule has 1 atom stereocenters. The molecule has 9 rings (SSSR count). The second-order valence-electron chi connectivity index (χ2n) is 19.4. The van der Waals surface area contributed by atoms with E-state index in [2.05, 4.69) is 91.0 Å². The van der Waals surface area contributed by atoms with Crippen LogP contribution in [0.3, 0.4) is 0 Å². The van der Waals surface area contributed by atoms with Crippen molar-refractivity contribution in [3.8, 4) is 0 Å².